The zero-order valence-corrected chi connectivity index (χ0v) is 15.7. The topological polar surface area (TPSA) is 24.1 Å². The molecule has 4 aliphatic carbocycles. The number of allylic oxidation sites excluding steroid dienone is 2. The van der Waals surface area contributed by atoms with Gasteiger partial charge in [-0.3, -0.25) is 0 Å². The summed E-state index contributed by atoms with van der Waals surface area (Å²) in [5, 5.41) is 8.27. The van der Waals surface area contributed by atoms with E-state index in [4.69, 9.17) is 12.2 Å². The molecule has 0 aromatic rings. The molecule has 0 aliphatic heterocycles. The Labute approximate surface area is 146 Å². The van der Waals surface area contributed by atoms with Crippen molar-refractivity contribution in [3.63, 3.8) is 0 Å². The number of thiocarbonyl (C=S) groups is 1. The Kier molecular flexibility index (Phi) is 3.98. The standard InChI is InChI=1S/C20H32N2S/c1-12-7-14(11-20(2,3)10-12)21-19(23)22-18-9-13-8-17(18)16-6-4-5-15(13)16/h4,6,12-18H,5,7-11H2,1-3H3,(H2,21,22,23)/t12-,13-,14-,15-,16+,17+,18+/m0/s1. The average molecular weight is 333 g/mol. The normalized spacial score (nSPS) is 46.7. The summed E-state index contributed by atoms with van der Waals surface area (Å²) < 4.78 is 0. The number of nitrogens with one attached hydrogen (secondary N) is 2. The molecule has 4 aliphatic rings. The maximum atomic E-state index is 5.68. The zero-order valence-electron chi connectivity index (χ0n) is 14.8. The van der Waals surface area contributed by atoms with Gasteiger partial charge in [-0.1, -0.05) is 32.9 Å². The first-order chi connectivity index (χ1) is 10.9. The third-order valence-corrected chi connectivity index (χ3v) is 7.28. The largest absolute Gasteiger partial charge is 0.360 e. The molecule has 0 spiro atoms. The summed E-state index contributed by atoms with van der Waals surface area (Å²) in [6.07, 6.45) is 12.8. The monoisotopic (exact) mass is 332 g/mol. The van der Waals surface area contributed by atoms with Crippen LogP contribution in [0.25, 0.3) is 0 Å². The van der Waals surface area contributed by atoms with Gasteiger partial charge < -0.3 is 10.6 Å². The smallest absolute Gasteiger partial charge is 0.166 e. The average Bonchev–Trinajstić information content (AvgIpc) is 3.06. The van der Waals surface area contributed by atoms with Gasteiger partial charge in [0, 0.05) is 12.1 Å². The molecule has 4 rings (SSSR count). The van der Waals surface area contributed by atoms with Gasteiger partial charge >= 0.3 is 0 Å². The Balaban J connectivity index is 1.32. The van der Waals surface area contributed by atoms with Gasteiger partial charge in [0.05, 0.1) is 0 Å². The van der Waals surface area contributed by atoms with Gasteiger partial charge in [0.15, 0.2) is 5.11 Å². The SMILES string of the molecule is C[C@H]1C[C@H](NC(=S)N[C@@H]2C[C@@H]3C[C@@H]2[C@@H]2C=CC[C@@H]32)CC(C)(C)C1. The molecule has 0 amide bonds. The van der Waals surface area contributed by atoms with Gasteiger partial charge in [0.1, 0.15) is 0 Å². The van der Waals surface area contributed by atoms with E-state index in [1.165, 1.54) is 38.5 Å². The Hall–Kier alpha value is -0.570. The van der Waals surface area contributed by atoms with Gasteiger partial charge in [0.2, 0.25) is 0 Å². The van der Waals surface area contributed by atoms with Crippen LogP contribution in [0.15, 0.2) is 12.2 Å². The minimum absolute atomic E-state index is 0.444. The summed E-state index contributed by atoms with van der Waals surface area (Å²) in [5.74, 6) is 4.35. The van der Waals surface area contributed by atoms with Crippen LogP contribution in [0, 0.1) is 35.0 Å². The van der Waals surface area contributed by atoms with Crippen molar-refractivity contribution in [2.75, 3.05) is 0 Å². The molecule has 3 fully saturated rings. The molecule has 0 radical (unpaired) electrons. The number of hydrogen-bond donors (Lipinski definition) is 2. The Morgan fingerprint density at radius 2 is 1.91 bits per heavy atom. The molecule has 7 atom stereocenters. The lowest BCUT2D eigenvalue weighted by Gasteiger charge is -2.40. The molecule has 0 aromatic carbocycles. The molecule has 0 saturated heterocycles. The highest BCUT2D eigenvalue weighted by molar-refractivity contribution is 7.80. The van der Waals surface area contributed by atoms with E-state index >= 15 is 0 Å². The number of rotatable bonds is 2. The van der Waals surface area contributed by atoms with Crippen molar-refractivity contribution in [2.45, 2.75) is 71.4 Å². The fraction of sp³-hybridized carbons (Fsp3) is 0.850. The Morgan fingerprint density at radius 3 is 2.70 bits per heavy atom. The van der Waals surface area contributed by atoms with E-state index in [2.05, 4.69) is 43.6 Å². The molecule has 23 heavy (non-hydrogen) atoms. The second-order valence-corrected chi connectivity index (χ2v) is 10.0. The van der Waals surface area contributed by atoms with Gasteiger partial charge in [-0.25, -0.2) is 0 Å². The summed E-state index contributed by atoms with van der Waals surface area (Å²) >= 11 is 5.68. The number of hydrogen-bond acceptors (Lipinski definition) is 1. The second-order valence-electron chi connectivity index (χ2n) is 9.63. The Bertz CT molecular complexity index is 512. The minimum atomic E-state index is 0.444. The quantitative estimate of drug-likeness (QED) is 0.583. The summed E-state index contributed by atoms with van der Waals surface area (Å²) in [6.45, 7) is 7.18. The highest BCUT2D eigenvalue weighted by Crippen LogP contribution is 2.56. The van der Waals surface area contributed by atoms with Gasteiger partial charge in [-0.2, -0.15) is 0 Å². The molecule has 2 nitrogen and oxygen atoms in total. The van der Waals surface area contributed by atoms with Crippen LogP contribution in [0.3, 0.4) is 0 Å². The fourth-order valence-electron chi connectivity index (χ4n) is 6.56. The van der Waals surface area contributed by atoms with Crippen molar-refractivity contribution in [1.29, 1.82) is 0 Å². The third kappa shape index (κ3) is 3.06. The van der Waals surface area contributed by atoms with Crippen molar-refractivity contribution in [2.24, 2.45) is 35.0 Å². The van der Waals surface area contributed by atoms with Crippen LogP contribution in [-0.2, 0) is 0 Å². The predicted octanol–water partition coefficient (Wildman–Crippen LogP) is 4.27. The fourth-order valence-corrected chi connectivity index (χ4v) is 6.88. The minimum Gasteiger partial charge on any atom is -0.360 e. The lowest BCUT2D eigenvalue weighted by atomic mass is 9.71. The molecule has 0 aromatic heterocycles. The van der Waals surface area contributed by atoms with Crippen molar-refractivity contribution < 1.29 is 0 Å². The van der Waals surface area contributed by atoms with E-state index in [-0.39, 0.29) is 0 Å². The predicted molar refractivity (Wildman–Crippen MR) is 100 cm³/mol. The molecule has 128 valence electrons. The van der Waals surface area contributed by atoms with Crippen molar-refractivity contribution in [1.82, 2.24) is 10.6 Å². The van der Waals surface area contributed by atoms with E-state index in [1.54, 1.807) is 0 Å². The van der Waals surface area contributed by atoms with E-state index in [0.717, 1.165) is 34.7 Å². The van der Waals surface area contributed by atoms with Crippen LogP contribution in [-0.4, -0.2) is 17.2 Å². The van der Waals surface area contributed by atoms with Gasteiger partial charge in [0.25, 0.3) is 0 Å². The van der Waals surface area contributed by atoms with E-state index in [9.17, 15) is 0 Å². The molecule has 2 N–H and O–H groups in total. The van der Waals surface area contributed by atoms with Crippen molar-refractivity contribution >= 4 is 17.3 Å². The molecular formula is C20H32N2S. The van der Waals surface area contributed by atoms with Crippen molar-refractivity contribution in [3.05, 3.63) is 12.2 Å². The molecule has 3 saturated carbocycles. The summed E-state index contributed by atoms with van der Waals surface area (Å²) in [7, 11) is 0. The highest BCUT2D eigenvalue weighted by atomic mass is 32.1. The highest BCUT2D eigenvalue weighted by Gasteiger charge is 2.52. The Morgan fingerprint density at radius 1 is 1.09 bits per heavy atom. The first-order valence-corrected chi connectivity index (χ1v) is 10.1. The van der Waals surface area contributed by atoms with E-state index in [1.807, 2.05) is 0 Å². The first-order valence-electron chi connectivity index (χ1n) is 9.65. The summed E-state index contributed by atoms with van der Waals surface area (Å²) in [5.41, 5.74) is 0.444. The lowest BCUT2D eigenvalue weighted by molar-refractivity contribution is 0.161. The van der Waals surface area contributed by atoms with E-state index in [0.29, 0.717) is 17.5 Å². The molecule has 3 heteroatoms. The van der Waals surface area contributed by atoms with Crippen LogP contribution in [0.1, 0.15) is 59.3 Å². The third-order valence-electron chi connectivity index (χ3n) is 7.05. The van der Waals surface area contributed by atoms with Crippen LogP contribution >= 0.6 is 12.2 Å². The number of fused-ring (bicyclic) bond motifs is 5. The van der Waals surface area contributed by atoms with Crippen LogP contribution in [0.4, 0.5) is 0 Å². The molecule has 0 heterocycles. The zero-order chi connectivity index (χ0) is 16.2. The maximum Gasteiger partial charge on any atom is 0.166 e. The van der Waals surface area contributed by atoms with Gasteiger partial charge in [-0.05, 0) is 85.7 Å². The van der Waals surface area contributed by atoms with E-state index < -0.39 is 0 Å². The van der Waals surface area contributed by atoms with Crippen LogP contribution in [0.2, 0.25) is 0 Å². The molecule has 2 bridgehead atoms. The molecule has 0 unspecified atom stereocenters. The molecular weight excluding hydrogens is 300 g/mol. The lowest BCUT2D eigenvalue weighted by Crippen LogP contribution is -2.51. The van der Waals surface area contributed by atoms with Crippen LogP contribution < -0.4 is 10.6 Å². The van der Waals surface area contributed by atoms with Crippen LogP contribution in [0.5, 0.6) is 0 Å². The summed E-state index contributed by atoms with van der Waals surface area (Å²) in [6, 6.07) is 1.16. The van der Waals surface area contributed by atoms with Gasteiger partial charge in [-0.15, -0.1) is 0 Å². The summed E-state index contributed by atoms with van der Waals surface area (Å²) in [4.78, 5) is 0. The van der Waals surface area contributed by atoms with Crippen molar-refractivity contribution in [3.8, 4) is 0 Å². The first kappa shape index (κ1) is 15.9. The maximum absolute atomic E-state index is 5.68. The second kappa shape index (κ2) is 5.75.